The van der Waals surface area contributed by atoms with Crippen LogP contribution in [0.4, 0.5) is 11.9 Å². The molecule has 3 aromatic carbocycles. The van der Waals surface area contributed by atoms with E-state index in [9.17, 15) is 0 Å². The molecule has 1 aliphatic heterocycles. The molecule has 2 atom stereocenters. The van der Waals surface area contributed by atoms with Crippen LogP contribution in [0.3, 0.4) is 0 Å². The van der Waals surface area contributed by atoms with Crippen molar-refractivity contribution in [3.63, 3.8) is 0 Å². The number of nitrogen functional groups attached to an aromatic ring is 2. The maximum absolute atomic E-state index is 7.17. The van der Waals surface area contributed by atoms with Gasteiger partial charge in [-0.2, -0.15) is 15.0 Å². The third-order valence-electron chi connectivity index (χ3n) is 10.3. The average molecular weight is 648 g/mol. The van der Waals surface area contributed by atoms with Crippen molar-refractivity contribution in [1.82, 2.24) is 19.9 Å². The van der Waals surface area contributed by atoms with Crippen LogP contribution in [0.15, 0.2) is 54.6 Å². The first-order chi connectivity index (χ1) is 22.5. The van der Waals surface area contributed by atoms with E-state index >= 15 is 0 Å². The molecule has 0 radical (unpaired) electrons. The second kappa shape index (κ2) is 12.5. The SMILES string of the molecule is CC(C)(C)c1cc(CN(Cc2ccccc2)[C@H]2CCCC[C@@H]2N)c2c(c1)C(C)(C)c1cc(C(C)(C)C)cc(-c3nc(N)nc(N)n3)c1O2. The minimum Gasteiger partial charge on any atom is -0.456 e. The van der Waals surface area contributed by atoms with Crippen LogP contribution in [-0.2, 0) is 29.3 Å². The largest absolute Gasteiger partial charge is 0.456 e. The number of aromatic nitrogens is 3. The average Bonchev–Trinajstić information content (AvgIpc) is 3.00. The fraction of sp³-hybridized carbons (Fsp3) is 0.475. The molecule has 2 aliphatic rings. The van der Waals surface area contributed by atoms with Gasteiger partial charge in [-0.15, -0.1) is 0 Å². The van der Waals surface area contributed by atoms with E-state index in [0.29, 0.717) is 12.4 Å². The van der Waals surface area contributed by atoms with Gasteiger partial charge in [0, 0.05) is 47.3 Å². The highest BCUT2D eigenvalue weighted by Crippen LogP contribution is 2.54. The van der Waals surface area contributed by atoms with Gasteiger partial charge in [0.1, 0.15) is 11.5 Å². The molecule has 48 heavy (non-hydrogen) atoms. The van der Waals surface area contributed by atoms with E-state index in [0.717, 1.165) is 53.1 Å². The summed E-state index contributed by atoms with van der Waals surface area (Å²) >= 11 is 0. The molecule has 1 aromatic heterocycles. The lowest BCUT2D eigenvalue weighted by Gasteiger charge is -2.41. The van der Waals surface area contributed by atoms with Crippen molar-refractivity contribution in [3.8, 4) is 22.9 Å². The highest BCUT2D eigenvalue weighted by Gasteiger charge is 2.40. The molecule has 1 aliphatic carbocycles. The molecule has 4 aromatic rings. The van der Waals surface area contributed by atoms with Crippen molar-refractivity contribution in [2.24, 2.45) is 5.73 Å². The number of rotatable bonds is 6. The predicted octanol–water partition coefficient (Wildman–Crippen LogP) is 8.00. The maximum atomic E-state index is 7.17. The number of ether oxygens (including phenoxy) is 1. The molecule has 0 spiro atoms. The lowest BCUT2D eigenvalue weighted by molar-refractivity contribution is 0.121. The number of hydrogen-bond acceptors (Lipinski definition) is 8. The molecule has 8 heteroatoms. The molecule has 2 heterocycles. The van der Waals surface area contributed by atoms with Crippen LogP contribution in [0.2, 0.25) is 0 Å². The van der Waals surface area contributed by atoms with Gasteiger partial charge in [0.15, 0.2) is 5.82 Å². The zero-order chi connectivity index (χ0) is 34.6. The van der Waals surface area contributed by atoms with E-state index in [1.165, 1.54) is 29.5 Å². The molecule has 6 rings (SSSR count). The van der Waals surface area contributed by atoms with E-state index in [1.807, 2.05) is 0 Å². The maximum Gasteiger partial charge on any atom is 0.225 e. The van der Waals surface area contributed by atoms with Gasteiger partial charge in [-0.05, 0) is 46.4 Å². The Kier molecular flexibility index (Phi) is 8.79. The molecular weight excluding hydrogens is 594 g/mol. The van der Waals surface area contributed by atoms with Crippen LogP contribution in [0.25, 0.3) is 11.4 Å². The predicted molar refractivity (Wildman–Crippen MR) is 196 cm³/mol. The molecule has 6 N–H and O–H groups in total. The normalized spacial score (nSPS) is 19.0. The summed E-state index contributed by atoms with van der Waals surface area (Å²) in [4.78, 5) is 15.7. The van der Waals surface area contributed by atoms with Crippen molar-refractivity contribution in [1.29, 1.82) is 0 Å². The van der Waals surface area contributed by atoms with Gasteiger partial charge in [-0.3, -0.25) is 4.90 Å². The molecule has 1 fully saturated rings. The molecule has 254 valence electrons. The summed E-state index contributed by atoms with van der Waals surface area (Å²) in [6, 6.07) is 20.3. The summed E-state index contributed by atoms with van der Waals surface area (Å²) < 4.78 is 7.17. The zero-order valence-electron chi connectivity index (χ0n) is 30.0. The second-order valence-electron chi connectivity index (χ2n) is 16.4. The van der Waals surface area contributed by atoms with Crippen LogP contribution < -0.4 is 21.9 Å². The van der Waals surface area contributed by atoms with E-state index in [-0.39, 0.29) is 34.8 Å². The van der Waals surface area contributed by atoms with E-state index < -0.39 is 5.41 Å². The third kappa shape index (κ3) is 6.65. The van der Waals surface area contributed by atoms with Crippen molar-refractivity contribution in [2.45, 2.75) is 122 Å². The Hall–Kier alpha value is -4.01. The fourth-order valence-electron chi connectivity index (χ4n) is 7.32. The Morgan fingerprint density at radius 2 is 1.35 bits per heavy atom. The molecule has 1 saturated carbocycles. The Morgan fingerprint density at radius 1 is 0.771 bits per heavy atom. The minimum atomic E-state index is -0.398. The molecule has 0 saturated heterocycles. The van der Waals surface area contributed by atoms with Gasteiger partial charge in [-0.1, -0.05) is 117 Å². The van der Waals surface area contributed by atoms with Crippen LogP contribution in [-0.4, -0.2) is 31.9 Å². The summed E-state index contributed by atoms with van der Waals surface area (Å²) in [5.74, 6) is 2.20. The zero-order valence-corrected chi connectivity index (χ0v) is 30.0. The molecule has 0 unspecified atom stereocenters. The quantitative estimate of drug-likeness (QED) is 0.192. The second-order valence-corrected chi connectivity index (χ2v) is 16.4. The van der Waals surface area contributed by atoms with Crippen molar-refractivity contribution >= 4 is 11.9 Å². The van der Waals surface area contributed by atoms with Gasteiger partial charge < -0.3 is 21.9 Å². The number of nitrogens with two attached hydrogens (primary N) is 3. The summed E-state index contributed by atoms with van der Waals surface area (Å²) in [6.45, 7) is 19.6. The van der Waals surface area contributed by atoms with Crippen molar-refractivity contribution in [2.75, 3.05) is 11.5 Å². The molecule has 8 nitrogen and oxygen atoms in total. The Morgan fingerprint density at radius 3 is 1.96 bits per heavy atom. The van der Waals surface area contributed by atoms with Gasteiger partial charge in [0.05, 0.1) is 5.56 Å². The third-order valence-corrected chi connectivity index (χ3v) is 10.3. The number of anilines is 2. The summed E-state index contributed by atoms with van der Waals surface area (Å²) in [5, 5.41) is 0. The first kappa shape index (κ1) is 33.9. The lowest BCUT2D eigenvalue weighted by atomic mass is 9.70. The van der Waals surface area contributed by atoms with Crippen molar-refractivity contribution in [3.05, 3.63) is 88.0 Å². The van der Waals surface area contributed by atoms with Gasteiger partial charge in [-0.25, -0.2) is 0 Å². The lowest BCUT2D eigenvalue weighted by Crippen LogP contribution is -2.49. The number of nitrogens with zero attached hydrogens (tertiary/aromatic N) is 4. The number of fused-ring (bicyclic) bond motifs is 2. The van der Waals surface area contributed by atoms with Crippen LogP contribution in [0, 0.1) is 0 Å². The van der Waals surface area contributed by atoms with Crippen LogP contribution in [0.1, 0.15) is 114 Å². The summed E-state index contributed by atoms with van der Waals surface area (Å²) in [5.41, 5.74) is 26.4. The Bertz CT molecular complexity index is 1780. The van der Waals surface area contributed by atoms with Gasteiger partial charge >= 0.3 is 0 Å². The van der Waals surface area contributed by atoms with Crippen LogP contribution in [0.5, 0.6) is 11.5 Å². The fourth-order valence-corrected chi connectivity index (χ4v) is 7.32. The van der Waals surface area contributed by atoms with E-state index in [4.69, 9.17) is 21.9 Å². The van der Waals surface area contributed by atoms with E-state index in [1.54, 1.807) is 0 Å². The Labute approximate surface area is 286 Å². The smallest absolute Gasteiger partial charge is 0.225 e. The first-order valence-corrected chi connectivity index (χ1v) is 17.4. The summed E-state index contributed by atoms with van der Waals surface area (Å²) in [7, 11) is 0. The summed E-state index contributed by atoms with van der Waals surface area (Å²) in [6.07, 6.45) is 4.51. The molecule has 0 bridgehead atoms. The van der Waals surface area contributed by atoms with Crippen LogP contribution >= 0.6 is 0 Å². The van der Waals surface area contributed by atoms with Crippen molar-refractivity contribution < 1.29 is 4.74 Å². The highest BCUT2D eigenvalue weighted by atomic mass is 16.5. The standard InChI is InChI=1S/C40H53N7O/c1-38(2,3)26-18-25(23-47(22-24-14-10-9-11-15-24)32-17-13-12-16-31(32)41)33-29(20-26)40(7,8)30-21-27(39(4,5)6)19-28(34(30)48-33)35-44-36(42)46-37(43)45-35/h9-11,14-15,18-21,31-32H,12-13,16-17,22-23,41H2,1-8H3,(H4,42,43,44,45,46)/t31-,32-/m0/s1. The monoisotopic (exact) mass is 647 g/mol. The Balaban J connectivity index is 1.56. The minimum absolute atomic E-state index is 0.0655. The first-order valence-electron chi connectivity index (χ1n) is 17.4. The number of benzene rings is 3. The molecular formula is C40H53N7O. The van der Waals surface area contributed by atoms with E-state index in [2.05, 4.69) is 130 Å². The van der Waals surface area contributed by atoms with Gasteiger partial charge in [0.2, 0.25) is 11.9 Å². The molecule has 0 amide bonds. The van der Waals surface area contributed by atoms with Gasteiger partial charge in [0.25, 0.3) is 0 Å². The topological polar surface area (TPSA) is 129 Å². The number of hydrogen-bond donors (Lipinski definition) is 3. The highest BCUT2D eigenvalue weighted by molar-refractivity contribution is 5.75.